The Morgan fingerprint density at radius 3 is 2.32 bits per heavy atom. The van der Waals surface area contributed by atoms with Gasteiger partial charge in [0.15, 0.2) is 0 Å². The quantitative estimate of drug-likeness (QED) is 0.686. The molecule has 8 nitrogen and oxygen atoms in total. The minimum Gasteiger partial charge on any atom is -0.495 e. The Balaban J connectivity index is 1.57. The number of benzene rings is 1. The number of nitrogens with one attached hydrogen (secondary N) is 1. The van der Waals surface area contributed by atoms with Gasteiger partial charge in [-0.3, -0.25) is 9.59 Å². The topological polar surface area (TPSA) is 96.0 Å². The molecule has 3 rings (SSSR count). The maximum Gasteiger partial charge on any atom is 0.254 e. The van der Waals surface area contributed by atoms with E-state index in [9.17, 15) is 18.0 Å². The highest BCUT2D eigenvalue weighted by atomic mass is 32.2. The SMILES string of the molecule is CNS(=O)(=O)c1cc(C(=O)N2CCN(C(=O)CCC3CCCCC3)CC2)ccc1OC. The molecule has 1 saturated carbocycles. The predicted octanol–water partition coefficient (Wildman–Crippen LogP) is 2.25. The second kappa shape index (κ2) is 10.5. The van der Waals surface area contributed by atoms with Gasteiger partial charge < -0.3 is 14.5 Å². The number of carbonyl (C=O) groups excluding carboxylic acids is 2. The highest BCUT2D eigenvalue weighted by Gasteiger charge is 2.27. The van der Waals surface area contributed by atoms with Crippen LogP contribution in [-0.2, 0) is 14.8 Å². The molecule has 31 heavy (non-hydrogen) atoms. The number of ether oxygens (including phenoxy) is 1. The molecule has 0 spiro atoms. The summed E-state index contributed by atoms with van der Waals surface area (Å²) >= 11 is 0. The second-order valence-corrected chi connectivity index (χ2v) is 10.1. The van der Waals surface area contributed by atoms with Crippen molar-refractivity contribution in [3.8, 4) is 5.75 Å². The third kappa shape index (κ3) is 5.77. The average molecular weight is 452 g/mol. The molecule has 0 radical (unpaired) electrons. The number of hydrogen-bond acceptors (Lipinski definition) is 5. The number of rotatable bonds is 7. The average Bonchev–Trinajstić information content (AvgIpc) is 2.82. The summed E-state index contributed by atoms with van der Waals surface area (Å²) in [7, 11) is -1.06. The van der Waals surface area contributed by atoms with Crippen molar-refractivity contribution in [2.75, 3.05) is 40.3 Å². The van der Waals surface area contributed by atoms with E-state index in [4.69, 9.17) is 4.74 Å². The molecule has 2 fully saturated rings. The van der Waals surface area contributed by atoms with Crippen molar-refractivity contribution in [3.05, 3.63) is 23.8 Å². The van der Waals surface area contributed by atoms with Crippen molar-refractivity contribution in [1.82, 2.24) is 14.5 Å². The molecule has 1 aliphatic heterocycles. The van der Waals surface area contributed by atoms with E-state index in [-0.39, 0.29) is 28.0 Å². The van der Waals surface area contributed by atoms with E-state index in [2.05, 4.69) is 4.72 Å². The minimum atomic E-state index is -3.76. The number of hydrogen-bond donors (Lipinski definition) is 1. The van der Waals surface area contributed by atoms with E-state index in [0.717, 1.165) is 6.42 Å². The lowest BCUT2D eigenvalue weighted by molar-refractivity contribution is -0.133. The Bertz CT molecular complexity index is 888. The highest BCUT2D eigenvalue weighted by Crippen LogP contribution is 2.28. The zero-order chi connectivity index (χ0) is 22.4. The van der Waals surface area contributed by atoms with Crippen molar-refractivity contribution < 1.29 is 22.7 Å². The van der Waals surface area contributed by atoms with Crippen molar-refractivity contribution in [2.24, 2.45) is 5.92 Å². The molecule has 9 heteroatoms. The molecule has 0 bridgehead atoms. The highest BCUT2D eigenvalue weighted by molar-refractivity contribution is 7.89. The van der Waals surface area contributed by atoms with Gasteiger partial charge in [-0.1, -0.05) is 32.1 Å². The van der Waals surface area contributed by atoms with E-state index < -0.39 is 10.0 Å². The molecule has 0 atom stereocenters. The lowest BCUT2D eigenvalue weighted by atomic mass is 9.86. The summed E-state index contributed by atoms with van der Waals surface area (Å²) in [4.78, 5) is 29.0. The van der Waals surface area contributed by atoms with Crippen LogP contribution in [0.15, 0.2) is 23.1 Å². The maximum absolute atomic E-state index is 12.9. The first-order valence-electron chi connectivity index (χ1n) is 11.0. The zero-order valence-electron chi connectivity index (χ0n) is 18.4. The van der Waals surface area contributed by atoms with Crippen molar-refractivity contribution in [1.29, 1.82) is 0 Å². The third-order valence-electron chi connectivity index (χ3n) is 6.38. The third-order valence-corrected chi connectivity index (χ3v) is 7.82. The molecule has 0 aromatic heterocycles. The first kappa shape index (κ1) is 23.5. The molecule has 1 aromatic rings. The maximum atomic E-state index is 12.9. The molecule has 1 saturated heterocycles. The number of carbonyl (C=O) groups is 2. The van der Waals surface area contributed by atoms with Gasteiger partial charge in [0.2, 0.25) is 15.9 Å². The summed E-state index contributed by atoms with van der Waals surface area (Å²) in [5.41, 5.74) is 0.284. The van der Waals surface area contributed by atoms with Crippen LogP contribution in [0.2, 0.25) is 0 Å². The van der Waals surface area contributed by atoms with Gasteiger partial charge in [-0.2, -0.15) is 0 Å². The van der Waals surface area contributed by atoms with Crippen molar-refractivity contribution in [2.45, 2.75) is 49.8 Å². The van der Waals surface area contributed by atoms with Crippen LogP contribution in [0.25, 0.3) is 0 Å². The van der Waals surface area contributed by atoms with Gasteiger partial charge in [0.1, 0.15) is 10.6 Å². The van der Waals surface area contributed by atoms with Crippen LogP contribution in [0.5, 0.6) is 5.75 Å². The smallest absolute Gasteiger partial charge is 0.254 e. The number of sulfonamides is 1. The molecular formula is C22H33N3O5S. The first-order chi connectivity index (χ1) is 14.9. The fourth-order valence-electron chi connectivity index (χ4n) is 4.43. The molecule has 1 aliphatic carbocycles. The van der Waals surface area contributed by atoms with Gasteiger partial charge in [0.05, 0.1) is 7.11 Å². The normalized spacial score (nSPS) is 18.1. The van der Waals surface area contributed by atoms with Gasteiger partial charge in [-0.25, -0.2) is 13.1 Å². The summed E-state index contributed by atoms with van der Waals surface area (Å²) in [5.74, 6) is 0.784. The Labute approximate surface area is 185 Å². The summed E-state index contributed by atoms with van der Waals surface area (Å²) in [6.45, 7) is 1.89. The van der Waals surface area contributed by atoms with E-state index in [1.165, 1.54) is 58.4 Å². The molecule has 1 heterocycles. The van der Waals surface area contributed by atoms with Crippen LogP contribution >= 0.6 is 0 Å². The first-order valence-corrected chi connectivity index (χ1v) is 12.5. The van der Waals surface area contributed by atoms with Gasteiger partial charge in [-0.05, 0) is 37.6 Å². The molecule has 1 aromatic carbocycles. The van der Waals surface area contributed by atoms with Crippen LogP contribution in [-0.4, -0.2) is 70.4 Å². The van der Waals surface area contributed by atoms with Crippen LogP contribution in [0.4, 0.5) is 0 Å². The fourth-order valence-corrected chi connectivity index (χ4v) is 5.35. The van der Waals surface area contributed by atoms with Gasteiger partial charge >= 0.3 is 0 Å². The molecule has 2 amide bonds. The summed E-state index contributed by atoms with van der Waals surface area (Å²) in [5, 5.41) is 0. The molecule has 0 unspecified atom stereocenters. The monoisotopic (exact) mass is 451 g/mol. The number of methoxy groups -OCH3 is 1. The standard InChI is InChI=1S/C22H33N3O5S/c1-23-31(28,29)20-16-18(9-10-19(20)30-2)22(27)25-14-12-24(13-15-25)21(26)11-8-17-6-4-3-5-7-17/h9-10,16-17,23H,3-8,11-15H2,1-2H3. The number of amides is 2. The molecule has 172 valence electrons. The minimum absolute atomic E-state index is 0.0696. The summed E-state index contributed by atoms with van der Waals surface area (Å²) < 4.78 is 31.9. The predicted molar refractivity (Wildman–Crippen MR) is 118 cm³/mol. The van der Waals surface area contributed by atoms with Crippen molar-refractivity contribution >= 4 is 21.8 Å². The van der Waals surface area contributed by atoms with Crippen LogP contribution < -0.4 is 9.46 Å². The Kier molecular flexibility index (Phi) is 7.94. The summed E-state index contributed by atoms with van der Waals surface area (Å²) in [6, 6.07) is 4.40. The fraction of sp³-hybridized carbons (Fsp3) is 0.636. The molecular weight excluding hydrogens is 418 g/mol. The van der Waals surface area contributed by atoms with Gasteiger partial charge in [0, 0.05) is 38.2 Å². The van der Waals surface area contributed by atoms with Gasteiger partial charge in [-0.15, -0.1) is 0 Å². The lowest BCUT2D eigenvalue weighted by Gasteiger charge is -2.35. The number of piperazine rings is 1. The molecule has 2 aliphatic rings. The van der Waals surface area contributed by atoms with Gasteiger partial charge in [0.25, 0.3) is 5.91 Å². The molecule has 1 N–H and O–H groups in total. The summed E-state index contributed by atoms with van der Waals surface area (Å²) in [6.07, 6.45) is 7.90. The Morgan fingerprint density at radius 2 is 1.71 bits per heavy atom. The Morgan fingerprint density at radius 1 is 1.06 bits per heavy atom. The second-order valence-electron chi connectivity index (χ2n) is 8.29. The van der Waals surface area contributed by atoms with E-state index in [0.29, 0.717) is 38.5 Å². The zero-order valence-corrected chi connectivity index (χ0v) is 19.2. The van der Waals surface area contributed by atoms with E-state index in [1.54, 1.807) is 11.0 Å². The van der Waals surface area contributed by atoms with E-state index in [1.807, 2.05) is 4.90 Å². The van der Waals surface area contributed by atoms with E-state index >= 15 is 0 Å². The Hall–Kier alpha value is -2.13. The van der Waals surface area contributed by atoms with Crippen LogP contribution in [0.3, 0.4) is 0 Å². The largest absolute Gasteiger partial charge is 0.495 e. The van der Waals surface area contributed by atoms with Crippen LogP contribution in [0, 0.1) is 5.92 Å². The lowest BCUT2D eigenvalue weighted by Crippen LogP contribution is -2.50. The number of nitrogens with zero attached hydrogens (tertiary/aromatic N) is 2. The van der Waals surface area contributed by atoms with Crippen molar-refractivity contribution in [3.63, 3.8) is 0 Å². The van der Waals surface area contributed by atoms with Crippen LogP contribution in [0.1, 0.15) is 55.3 Å².